The lowest BCUT2D eigenvalue weighted by Gasteiger charge is -2.46. The van der Waals surface area contributed by atoms with Gasteiger partial charge in [-0.1, -0.05) is 4.68 Å². The summed E-state index contributed by atoms with van der Waals surface area (Å²) in [5.74, 6) is 6.56. The SMILES string of the molecule is CC1(C)Oc2cc[n+](N)cc2[C@@H](N2CCCCC2=O)[C@@H]1O.[Br-]. The van der Waals surface area contributed by atoms with Crippen molar-refractivity contribution in [1.82, 2.24) is 4.90 Å². The first-order chi connectivity index (χ1) is 9.90. The third-order valence-electron chi connectivity index (χ3n) is 4.37. The van der Waals surface area contributed by atoms with Crippen LogP contribution in [0.5, 0.6) is 5.75 Å². The summed E-state index contributed by atoms with van der Waals surface area (Å²) in [6.07, 6.45) is 5.03. The van der Waals surface area contributed by atoms with E-state index in [4.69, 9.17) is 10.6 Å². The molecule has 0 aliphatic carbocycles. The molecule has 3 rings (SSSR count). The molecule has 0 aromatic carbocycles. The van der Waals surface area contributed by atoms with Crippen LogP contribution in [0, 0.1) is 0 Å². The quantitative estimate of drug-likeness (QED) is 0.415. The number of carbonyl (C=O) groups is 1. The number of hydrogen-bond donors (Lipinski definition) is 2. The number of carbonyl (C=O) groups excluding carboxylic acids is 1. The third kappa shape index (κ3) is 2.79. The lowest BCUT2D eigenvalue weighted by atomic mass is 9.85. The number of nitrogens with zero attached hydrogens (tertiary/aromatic N) is 2. The number of aliphatic hydroxyl groups excluding tert-OH is 1. The van der Waals surface area contributed by atoms with Crippen molar-refractivity contribution in [2.24, 2.45) is 0 Å². The molecule has 2 aliphatic heterocycles. The van der Waals surface area contributed by atoms with Crippen LogP contribution in [0.25, 0.3) is 0 Å². The molecule has 0 unspecified atom stereocenters. The maximum absolute atomic E-state index is 12.3. The Kier molecular flexibility index (Phi) is 4.67. The van der Waals surface area contributed by atoms with Crippen LogP contribution in [0.15, 0.2) is 18.5 Å². The van der Waals surface area contributed by atoms with E-state index in [2.05, 4.69) is 0 Å². The Labute approximate surface area is 140 Å². The maximum Gasteiger partial charge on any atom is 0.223 e. The van der Waals surface area contributed by atoms with Crippen molar-refractivity contribution < 1.29 is 36.3 Å². The van der Waals surface area contributed by atoms with Crippen LogP contribution in [-0.2, 0) is 4.79 Å². The summed E-state index contributed by atoms with van der Waals surface area (Å²) in [7, 11) is 0. The number of aromatic nitrogens is 1. The molecule has 2 aliphatic rings. The minimum Gasteiger partial charge on any atom is -1.00 e. The molecule has 1 amide bonds. The summed E-state index contributed by atoms with van der Waals surface area (Å²) in [4.78, 5) is 14.1. The van der Waals surface area contributed by atoms with Crippen molar-refractivity contribution in [2.75, 3.05) is 12.4 Å². The fourth-order valence-corrected chi connectivity index (χ4v) is 3.19. The molecule has 2 atom stereocenters. The Morgan fingerprint density at radius 2 is 2.18 bits per heavy atom. The van der Waals surface area contributed by atoms with Crippen molar-refractivity contribution in [1.29, 1.82) is 0 Å². The van der Waals surface area contributed by atoms with Crippen LogP contribution in [0.4, 0.5) is 0 Å². The van der Waals surface area contributed by atoms with Crippen molar-refractivity contribution in [3.8, 4) is 5.75 Å². The van der Waals surface area contributed by atoms with Gasteiger partial charge in [0.25, 0.3) is 0 Å². The van der Waals surface area contributed by atoms with E-state index in [0.717, 1.165) is 18.4 Å². The number of likely N-dealkylation sites (tertiary alicyclic amines) is 1. The predicted molar refractivity (Wildman–Crippen MR) is 75.8 cm³/mol. The average Bonchev–Trinajstić information content (AvgIpc) is 2.42. The number of hydrogen-bond acceptors (Lipinski definition) is 4. The maximum atomic E-state index is 12.3. The minimum atomic E-state index is -0.797. The lowest BCUT2D eigenvalue weighted by molar-refractivity contribution is -0.639. The Balaban J connectivity index is 0.00000176. The van der Waals surface area contributed by atoms with Gasteiger partial charge in [-0.05, 0) is 26.7 Å². The summed E-state index contributed by atoms with van der Waals surface area (Å²) in [5, 5.41) is 10.7. The molecule has 6 nitrogen and oxygen atoms in total. The fourth-order valence-electron chi connectivity index (χ4n) is 3.19. The van der Waals surface area contributed by atoms with E-state index in [1.807, 2.05) is 13.8 Å². The number of aliphatic hydroxyl groups is 1. The Morgan fingerprint density at radius 1 is 1.45 bits per heavy atom. The zero-order valence-electron chi connectivity index (χ0n) is 12.8. The standard InChI is InChI=1S/C15H22N3O3.BrH/c1-15(2)14(20)13(18-7-4-3-5-12(18)19)10-9-17(16)8-6-11(10)21-15;/h6,8-9,13-14,20H,3-5,7,16H2,1-2H3;1H/q+1;/p-1/t13-,14+;/m1./s1. The molecule has 0 bridgehead atoms. The molecule has 1 aromatic heterocycles. The van der Waals surface area contributed by atoms with E-state index in [9.17, 15) is 9.90 Å². The van der Waals surface area contributed by atoms with Crippen molar-refractivity contribution in [3.63, 3.8) is 0 Å². The van der Waals surface area contributed by atoms with E-state index >= 15 is 0 Å². The van der Waals surface area contributed by atoms with Gasteiger partial charge in [-0.2, -0.15) is 0 Å². The molecule has 7 heteroatoms. The number of nitrogen functional groups attached to an aromatic ring is 1. The van der Waals surface area contributed by atoms with E-state index in [0.29, 0.717) is 18.7 Å². The molecule has 3 heterocycles. The van der Waals surface area contributed by atoms with Crippen LogP contribution in [0.3, 0.4) is 0 Å². The number of amides is 1. The number of rotatable bonds is 1. The number of pyridine rings is 1. The number of piperidine rings is 1. The highest BCUT2D eigenvalue weighted by Gasteiger charge is 2.48. The summed E-state index contributed by atoms with van der Waals surface area (Å²) < 4.78 is 7.31. The Morgan fingerprint density at radius 3 is 2.86 bits per heavy atom. The average molecular weight is 372 g/mol. The highest BCUT2D eigenvalue weighted by atomic mass is 79.9. The van der Waals surface area contributed by atoms with Gasteiger partial charge in [-0.3, -0.25) is 4.79 Å². The molecule has 1 fully saturated rings. The highest BCUT2D eigenvalue weighted by molar-refractivity contribution is 5.77. The van der Waals surface area contributed by atoms with Crippen LogP contribution in [0.2, 0.25) is 0 Å². The summed E-state index contributed by atoms with van der Waals surface area (Å²) in [6, 6.07) is 1.37. The number of halogens is 1. The summed E-state index contributed by atoms with van der Waals surface area (Å²) in [5.41, 5.74) is 0.0120. The fraction of sp³-hybridized carbons (Fsp3) is 0.600. The van der Waals surface area contributed by atoms with Gasteiger partial charge in [0.15, 0.2) is 0 Å². The van der Waals surface area contributed by atoms with Crippen molar-refractivity contribution in [3.05, 3.63) is 24.0 Å². The largest absolute Gasteiger partial charge is 1.00 e. The molecule has 122 valence electrons. The lowest BCUT2D eigenvalue weighted by Crippen LogP contribution is -3.00. The van der Waals surface area contributed by atoms with Gasteiger partial charge in [-0.25, -0.2) is 5.84 Å². The zero-order chi connectivity index (χ0) is 15.2. The van der Waals surface area contributed by atoms with Gasteiger partial charge in [0.1, 0.15) is 17.5 Å². The molecular formula is C15H22BrN3O3. The van der Waals surface area contributed by atoms with E-state index in [-0.39, 0.29) is 22.9 Å². The number of fused-ring (bicyclic) bond motifs is 1. The van der Waals surface area contributed by atoms with Gasteiger partial charge < -0.3 is 31.7 Å². The molecule has 1 saturated heterocycles. The van der Waals surface area contributed by atoms with Gasteiger partial charge in [0.05, 0.1) is 11.6 Å². The topological polar surface area (TPSA) is 79.7 Å². The van der Waals surface area contributed by atoms with Gasteiger partial charge in [0.2, 0.25) is 18.3 Å². The van der Waals surface area contributed by atoms with Crippen LogP contribution in [0.1, 0.15) is 44.7 Å². The monoisotopic (exact) mass is 371 g/mol. The Hall–Kier alpha value is -1.34. The molecule has 0 radical (unpaired) electrons. The zero-order valence-corrected chi connectivity index (χ0v) is 14.4. The molecule has 0 spiro atoms. The first kappa shape index (κ1) is 17.0. The molecule has 0 saturated carbocycles. The summed E-state index contributed by atoms with van der Waals surface area (Å²) in [6.45, 7) is 4.34. The molecule has 3 N–H and O–H groups in total. The van der Waals surface area contributed by atoms with Crippen molar-refractivity contribution >= 4 is 5.91 Å². The molecular weight excluding hydrogens is 350 g/mol. The third-order valence-corrected chi connectivity index (χ3v) is 4.37. The second-order valence-corrected chi connectivity index (χ2v) is 6.35. The van der Waals surface area contributed by atoms with Gasteiger partial charge in [-0.15, -0.1) is 0 Å². The number of ether oxygens (including phenoxy) is 1. The van der Waals surface area contributed by atoms with Crippen LogP contribution < -0.4 is 32.2 Å². The highest BCUT2D eigenvalue weighted by Crippen LogP contribution is 2.42. The molecule has 1 aromatic rings. The van der Waals surface area contributed by atoms with Gasteiger partial charge >= 0.3 is 0 Å². The van der Waals surface area contributed by atoms with Crippen LogP contribution >= 0.6 is 0 Å². The first-order valence-corrected chi connectivity index (χ1v) is 7.37. The second-order valence-electron chi connectivity index (χ2n) is 6.35. The smallest absolute Gasteiger partial charge is 0.223 e. The second kappa shape index (κ2) is 6.04. The van der Waals surface area contributed by atoms with E-state index < -0.39 is 17.7 Å². The predicted octanol–water partition coefficient (Wildman–Crippen LogP) is -2.72. The molecule has 22 heavy (non-hydrogen) atoms. The van der Waals surface area contributed by atoms with Crippen molar-refractivity contribution in [2.45, 2.75) is 50.9 Å². The summed E-state index contributed by atoms with van der Waals surface area (Å²) >= 11 is 0. The Bertz CT molecular complexity index is 579. The van der Waals surface area contributed by atoms with E-state index in [1.54, 1.807) is 23.4 Å². The van der Waals surface area contributed by atoms with Gasteiger partial charge in [0, 0.05) is 19.0 Å². The number of nitrogens with two attached hydrogens (primary N) is 1. The minimum absolute atomic E-state index is 0. The normalized spacial score (nSPS) is 26.7. The first-order valence-electron chi connectivity index (χ1n) is 7.37. The van der Waals surface area contributed by atoms with E-state index in [1.165, 1.54) is 4.68 Å². The van der Waals surface area contributed by atoms with Crippen LogP contribution in [-0.4, -0.2) is 34.2 Å².